The predicted molar refractivity (Wildman–Crippen MR) is 90.0 cm³/mol. The first kappa shape index (κ1) is 15.6. The van der Waals surface area contributed by atoms with Gasteiger partial charge in [0.1, 0.15) is 0 Å². The fraction of sp³-hybridized carbons (Fsp3) is 0.895. The van der Waals surface area contributed by atoms with Crippen LogP contribution >= 0.6 is 0 Å². The summed E-state index contributed by atoms with van der Waals surface area (Å²) in [6, 6.07) is 0. The summed E-state index contributed by atoms with van der Waals surface area (Å²) in [5, 5.41) is 8.00. The minimum absolute atomic E-state index is 0.226. The SMILES string of the molecule is CC1CC2CC(C2)CC(C)(NCc2noc(C3CCCC3)n2)C1. The summed E-state index contributed by atoms with van der Waals surface area (Å²) in [6.07, 6.45) is 11.9. The molecule has 2 bridgehead atoms. The van der Waals surface area contributed by atoms with Gasteiger partial charge in [-0.05, 0) is 69.6 Å². The Balaban J connectivity index is 1.37. The first-order chi connectivity index (χ1) is 11.1. The van der Waals surface area contributed by atoms with E-state index in [0.717, 1.165) is 36.0 Å². The normalized spacial score (nSPS) is 38.1. The highest BCUT2D eigenvalue weighted by molar-refractivity contribution is 4.99. The average molecular weight is 317 g/mol. The molecule has 128 valence electrons. The highest BCUT2D eigenvalue weighted by Gasteiger charge is 2.40. The lowest BCUT2D eigenvalue weighted by atomic mass is 9.62. The molecule has 0 aliphatic heterocycles. The molecule has 0 radical (unpaired) electrons. The molecule has 4 aliphatic rings. The zero-order valence-electron chi connectivity index (χ0n) is 14.7. The van der Waals surface area contributed by atoms with Crippen molar-refractivity contribution in [2.45, 2.75) is 89.6 Å². The maximum absolute atomic E-state index is 5.52. The summed E-state index contributed by atoms with van der Waals surface area (Å²) in [6.45, 7) is 5.57. The molecule has 4 aliphatic carbocycles. The summed E-state index contributed by atoms with van der Waals surface area (Å²) in [7, 11) is 0. The molecule has 23 heavy (non-hydrogen) atoms. The molecule has 4 nitrogen and oxygen atoms in total. The Hall–Kier alpha value is -0.900. The number of nitrogens with zero attached hydrogens (tertiary/aromatic N) is 2. The quantitative estimate of drug-likeness (QED) is 0.893. The summed E-state index contributed by atoms with van der Waals surface area (Å²) < 4.78 is 5.52. The van der Waals surface area contributed by atoms with E-state index >= 15 is 0 Å². The van der Waals surface area contributed by atoms with Gasteiger partial charge in [-0.2, -0.15) is 4.98 Å². The number of nitrogens with one attached hydrogen (secondary N) is 1. The van der Waals surface area contributed by atoms with E-state index in [-0.39, 0.29) is 5.54 Å². The van der Waals surface area contributed by atoms with Crippen LogP contribution in [0.3, 0.4) is 0 Å². The summed E-state index contributed by atoms with van der Waals surface area (Å²) in [5.74, 6) is 5.00. The van der Waals surface area contributed by atoms with Crippen molar-refractivity contribution in [2.75, 3.05) is 0 Å². The van der Waals surface area contributed by atoms with E-state index < -0.39 is 0 Å². The van der Waals surface area contributed by atoms with Crippen LogP contribution in [-0.4, -0.2) is 15.7 Å². The van der Waals surface area contributed by atoms with Gasteiger partial charge in [0.25, 0.3) is 0 Å². The highest BCUT2D eigenvalue weighted by Crippen LogP contribution is 2.47. The van der Waals surface area contributed by atoms with Crippen molar-refractivity contribution in [2.24, 2.45) is 17.8 Å². The first-order valence-electron chi connectivity index (χ1n) is 9.67. The van der Waals surface area contributed by atoms with E-state index in [0.29, 0.717) is 5.92 Å². The Morgan fingerprint density at radius 1 is 1.13 bits per heavy atom. The Labute approximate surface area is 139 Å². The molecule has 1 heterocycles. The monoisotopic (exact) mass is 317 g/mol. The molecule has 2 atom stereocenters. The van der Waals surface area contributed by atoms with E-state index in [2.05, 4.69) is 29.3 Å². The van der Waals surface area contributed by atoms with Gasteiger partial charge in [0.2, 0.25) is 5.89 Å². The molecule has 1 aromatic rings. The largest absolute Gasteiger partial charge is 0.339 e. The highest BCUT2D eigenvalue weighted by atomic mass is 16.5. The first-order valence-corrected chi connectivity index (χ1v) is 9.67. The molecule has 0 aromatic carbocycles. The van der Waals surface area contributed by atoms with Gasteiger partial charge in [-0.3, -0.25) is 0 Å². The zero-order valence-corrected chi connectivity index (χ0v) is 14.7. The second kappa shape index (κ2) is 6.19. The van der Waals surface area contributed by atoms with Crippen molar-refractivity contribution in [3.05, 3.63) is 11.7 Å². The summed E-state index contributed by atoms with van der Waals surface area (Å²) >= 11 is 0. The second-order valence-corrected chi connectivity index (χ2v) is 8.90. The fourth-order valence-corrected chi connectivity index (χ4v) is 5.49. The van der Waals surface area contributed by atoms with Gasteiger partial charge in [0.15, 0.2) is 5.82 Å². The van der Waals surface area contributed by atoms with Crippen LogP contribution < -0.4 is 5.32 Å². The smallest absolute Gasteiger partial charge is 0.229 e. The Bertz CT molecular complexity index is 526. The molecule has 2 unspecified atom stereocenters. The van der Waals surface area contributed by atoms with Gasteiger partial charge in [-0.25, -0.2) is 0 Å². The molecule has 0 amide bonds. The van der Waals surface area contributed by atoms with Gasteiger partial charge in [-0.1, -0.05) is 24.9 Å². The van der Waals surface area contributed by atoms with Crippen molar-refractivity contribution in [1.29, 1.82) is 0 Å². The molecular formula is C19H31N3O. The van der Waals surface area contributed by atoms with Crippen LogP contribution in [0.1, 0.15) is 89.3 Å². The van der Waals surface area contributed by atoms with Gasteiger partial charge >= 0.3 is 0 Å². The van der Waals surface area contributed by atoms with E-state index in [9.17, 15) is 0 Å². The topological polar surface area (TPSA) is 51.0 Å². The Morgan fingerprint density at radius 3 is 2.70 bits per heavy atom. The van der Waals surface area contributed by atoms with Crippen LogP contribution in [0, 0.1) is 17.8 Å². The van der Waals surface area contributed by atoms with E-state index in [1.807, 2.05) is 0 Å². The van der Waals surface area contributed by atoms with Crippen molar-refractivity contribution >= 4 is 0 Å². The van der Waals surface area contributed by atoms with E-state index in [1.165, 1.54) is 57.8 Å². The molecule has 1 N–H and O–H groups in total. The predicted octanol–water partition coefficient (Wildman–Crippen LogP) is 4.42. The van der Waals surface area contributed by atoms with Crippen molar-refractivity contribution in [3.63, 3.8) is 0 Å². The third-order valence-electron chi connectivity index (χ3n) is 6.47. The van der Waals surface area contributed by atoms with Crippen molar-refractivity contribution < 1.29 is 4.52 Å². The van der Waals surface area contributed by atoms with Crippen molar-refractivity contribution in [1.82, 2.24) is 15.5 Å². The minimum Gasteiger partial charge on any atom is -0.339 e. The standard InChI is InChI=1S/C19H31N3O/c1-13-7-14-8-15(9-14)11-19(2,10-13)20-12-17-21-18(23-22-17)16-5-3-4-6-16/h13-16,20H,3-12H2,1-2H3. The Morgan fingerprint density at radius 2 is 1.91 bits per heavy atom. The van der Waals surface area contributed by atoms with E-state index in [4.69, 9.17) is 4.52 Å². The molecule has 4 fully saturated rings. The average Bonchev–Trinajstić information content (AvgIpc) is 3.11. The van der Waals surface area contributed by atoms with Crippen molar-refractivity contribution in [3.8, 4) is 0 Å². The molecule has 4 heteroatoms. The van der Waals surface area contributed by atoms with Crippen LogP contribution in [-0.2, 0) is 6.54 Å². The van der Waals surface area contributed by atoms with Gasteiger partial charge < -0.3 is 9.84 Å². The third kappa shape index (κ3) is 3.47. The fourth-order valence-electron chi connectivity index (χ4n) is 5.49. The minimum atomic E-state index is 0.226. The van der Waals surface area contributed by atoms with Crippen LogP contribution in [0.15, 0.2) is 4.52 Å². The number of rotatable bonds is 4. The van der Waals surface area contributed by atoms with Crippen LogP contribution in [0.2, 0.25) is 0 Å². The molecule has 0 spiro atoms. The summed E-state index contributed by atoms with van der Waals surface area (Å²) in [5.41, 5.74) is 0.226. The van der Waals surface area contributed by atoms with Crippen LogP contribution in [0.5, 0.6) is 0 Å². The van der Waals surface area contributed by atoms with Crippen LogP contribution in [0.4, 0.5) is 0 Å². The molecule has 1 aromatic heterocycles. The number of fused-ring (bicyclic) bond motifs is 4. The maximum Gasteiger partial charge on any atom is 0.229 e. The summed E-state index contributed by atoms with van der Waals surface area (Å²) in [4.78, 5) is 4.66. The zero-order chi connectivity index (χ0) is 15.9. The molecule has 5 rings (SSSR count). The van der Waals surface area contributed by atoms with Crippen LogP contribution in [0.25, 0.3) is 0 Å². The lowest BCUT2D eigenvalue weighted by Crippen LogP contribution is -2.48. The number of aromatic nitrogens is 2. The molecule has 4 saturated carbocycles. The number of hydrogen-bond acceptors (Lipinski definition) is 4. The van der Waals surface area contributed by atoms with Gasteiger partial charge in [0.05, 0.1) is 6.54 Å². The van der Waals surface area contributed by atoms with E-state index in [1.54, 1.807) is 0 Å². The van der Waals surface area contributed by atoms with Gasteiger partial charge in [-0.15, -0.1) is 0 Å². The number of hydrogen-bond donors (Lipinski definition) is 1. The maximum atomic E-state index is 5.52. The lowest BCUT2D eigenvalue weighted by Gasteiger charge is -2.47. The lowest BCUT2D eigenvalue weighted by molar-refractivity contribution is 0.0698. The van der Waals surface area contributed by atoms with Gasteiger partial charge in [0, 0.05) is 11.5 Å². The molecule has 0 saturated heterocycles. The Kier molecular flexibility index (Phi) is 4.21. The third-order valence-corrected chi connectivity index (χ3v) is 6.47. The molecular weight excluding hydrogens is 286 g/mol. The second-order valence-electron chi connectivity index (χ2n) is 8.90.